The Kier molecular flexibility index (Phi) is 10.4. The highest BCUT2D eigenvalue weighted by Gasteiger charge is 2.28. The second-order valence-corrected chi connectivity index (χ2v) is 14.3. The normalized spacial score (nSPS) is 12.8. The summed E-state index contributed by atoms with van der Waals surface area (Å²) in [6.07, 6.45) is 2.59. The molecule has 5 aromatic rings. The number of quaternary nitrogens is 1. The Hall–Kier alpha value is -4.64. The Labute approximate surface area is 293 Å². The number of hydrogen-bond acceptors (Lipinski definition) is 10. The van der Waals surface area contributed by atoms with Crippen molar-refractivity contribution < 1.29 is 23.5 Å². The zero-order valence-electron chi connectivity index (χ0n) is 28.0. The van der Waals surface area contributed by atoms with Crippen LogP contribution in [-0.4, -0.2) is 75.6 Å². The Balaban J connectivity index is 1.11. The number of thiazole rings is 2. The molecule has 1 aliphatic heterocycles. The van der Waals surface area contributed by atoms with Crippen molar-refractivity contribution >= 4 is 60.8 Å². The molecule has 0 fully saturated rings. The van der Waals surface area contributed by atoms with E-state index >= 15 is 0 Å². The molecule has 0 bridgehead atoms. The first kappa shape index (κ1) is 34.2. The number of carboxylic acids is 1. The standard InChI is InChI=1S/C36H38FN7O3S2/c1-5-44(4,6-2)20-10-12-24-17-18-28(26(37)22-24)47-21-11-16-30-31(34(45)46)39-36(49-30)43-19-9-13-25-23(3)32(41-42-33(25)43)40-35-38-27-14-7-8-15-29(27)48-35/h7-8,14-15,17-18,22H,5-6,9,11,13,16,19-21H2,1-4H3,(H-,38,40,41,45,46)/p+1. The Morgan fingerprint density at radius 1 is 1.14 bits per heavy atom. The van der Waals surface area contributed by atoms with Crippen molar-refractivity contribution in [3.8, 4) is 17.6 Å². The van der Waals surface area contributed by atoms with Gasteiger partial charge in [0.2, 0.25) is 0 Å². The lowest BCUT2D eigenvalue weighted by Crippen LogP contribution is -2.43. The Morgan fingerprint density at radius 2 is 1.96 bits per heavy atom. The Morgan fingerprint density at radius 3 is 2.71 bits per heavy atom. The number of hydrogen-bond donors (Lipinski definition) is 2. The fourth-order valence-corrected chi connectivity index (χ4v) is 7.58. The average molecular weight is 701 g/mol. The first-order valence-corrected chi connectivity index (χ1v) is 18.1. The molecule has 0 amide bonds. The van der Waals surface area contributed by atoms with Crippen LogP contribution in [0.4, 0.5) is 26.3 Å². The number of nitrogens with one attached hydrogen (secondary N) is 1. The lowest BCUT2D eigenvalue weighted by molar-refractivity contribution is -0.899. The lowest BCUT2D eigenvalue weighted by atomic mass is 10.0. The predicted octanol–water partition coefficient (Wildman–Crippen LogP) is 7.37. The minimum atomic E-state index is -1.09. The summed E-state index contributed by atoms with van der Waals surface area (Å²) in [5, 5.41) is 23.7. The number of para-hydroxylation sites is 1. The van der Waals surface area contributed by atoms with Crippen LogP contribution in [-0.2, 0) is 12.8 Å². The van der Waals surface area contributed by atoms with Crippen molar-refractivity contribution in [2.24, 2.45) is 0 Å². The van der Waals surface area contributed by atoms with Gasteiger partial charge in [-0.25, -0.2) is 19.2 Å². The van der Waals surface area contributed by atoms with Gasteiger partial charge in [-0.15, -0.1) is 21.5 Å². The molecule has 6 rings (SSSR count). The molecular formula is C36H39FN7O3S2+. The van der Waals surface area contributed by atoms with E-state index in [1.807, 2.05) is 36.1 Å². The molecule has 254 valence electrons. The second-order valence-electron chi connectivity index (χ2n) is 12.2. The molecule has 2 N–H and O–H groups in total. The minimum Gasteiger partial charge on any atom is -0.491 e. The molecule has 0 unspecified atom stereocenters. The first-order chi connectivity index (χ1) is 23.7. The molecule has 0 atom stereocenters. The molecule has 0 saturated carbocycles. The summed E-state index contributed by atoms with van der Waals surface area (Å²) in [5.41, 5.74) is 3.57. The van der Waals surface area contributed by atoms with Crippen LogP contribution in [0.2, 0.25) is 0 Å². The smallest absolute Gasteiger partial charge is 0.355 e. The minimum absolute atomic E-state index is 0.0147. The largest absolute Gasteiger partial charge is 0.491 e. The Bertz CT molecular complexity index is 2010. The number of fused-ring (bicyclic) bond motifs is 2. The van der Waals surface area contributed by atoms with Gasteiger partial charge < -0.3 is 24.5 Å². The molecule has 49 heavy (non-hydrogen) atoms. The van der Waals surface area contributed by atoms with E-state index in [9.17, 15) is 14.3 Å². The fourth-order valence-electron chi connectivity index (χ4n) is 5.59. The van der Waals surface area contributed by atoms with Crippen LogP contribution in [0.15, 0.2) is 42.5 Å². The van der Waals surface area contributed by atoms with E-state index in [1.54, 1.807) is 23.5 Å². The summed E-state index contributed by atoms with van der Waals surface area (Å²) < 4.78 is 22.5. The van der Waals surface area contributed by atoms with E-state index in [1.165, 1.54) is 17.4 Å². The third-order valence-electron chi connectivity index (χ3n) is 8.98. The SMILES string of the molecule is CC[N+](C)(CC)CC#Cc1ccc(OCCCc2sc(N3CCCc4c3nnc(Nc3nc5ccccc5s3)c4C)nc2C(=O)O)c(F)c1. The van der Waals surface area contributed by atoms with Crippen molar-refractivity contribution in [2.75, 3.05) is 50.1 Å². The van der Waals surface area contributed by atoms with Crippen LogP contribution in [0.25, 0.3) is 10.2 Å². The summed E-state index contributed by atoms with van der Waals surface area (Å²) in [5.74, 6) is 6.15. The number of aromatic nitrogens is 4. The van der Waals surface area contributed by atoms with E-state index < -0.39 is 11.8 Å². The van der Waals surface area contributed by atoms with Crippen LogP contribution < -0.4 is 15.0 Å². The van der Waals surface area contributed by atoms with E-state index in [-0.39, 0.29) is 18.1 Å². The van der Waals surface area contributed by atoms with Crippen molar-refractivity contribution in [1.29, 1.82) is 0 Å². The maximum Gasteiger partial charge on any atom is 0.355 e. The zero-order chi connectivity index (χ0) is 34.5. The van der Waals surface area contributed by atoms with Crippen LogP contribution in [0, 0.1) is 24.6 Å². The summed E-state index contributed by atoms with van der Waals surface area (Å²) in [4.78, 5) is 24.0. The van der Waals surface area contributed by atoms with E-state index in [2.05, 4.69) is 58.2 Å². The van der Waals surface area contributed by atoms with Crippen molar-refractivity contribution in [2.45, 2.75) is 46.5 Å². The van der Waals surface area contributed by atoms with Gasteiger partial charge >= 0.3 is 5.97 Å². The molecule has 0 aliphatic carbocycles. The number of carboxylic acid groups (broad SMARTS) is 1. The monoisotopic (exact) mass is 700 g/mol. The average Bonchev–Trinajstić information content (AvgIpc) is 3.72. The van der Waals surface area contributed by atoms with Gasteiger partial charge in [0.25, 0.3) is 0 Å². The first-order valence-electron chi connectivity index (χ1n) is 16.4. The van der Waals surface area contributed by atoms with Crippen LogP contribution in [0.1, 0.15) is 58.7 Å². The van der Waals surface area contributed by atoms with Crippen molar-refractivity contribution in [1.82, 2.24) is 20.2 Å². The van der Waals surface area contributed by atoms with Crippen LogP contribution in [0.3, 0.4) is 0 Å². The number of carbonyl (C=O) groups is 1. The molecule has 3 aromatic heterocycles. The van der Waals surface area contributed by atoms with Crippen LogP contribution in [0.5, 0.6) is 5.75 Å². The van der Waals surface area contributed by atoms with E-state index in [4.69, 9.17) is 4.74 Å². The number of anilines is 4. The summed E-state index contributed by atoms with van der Waals surface area (Å²) in [6, 6.07) is 12.7. The third-order valence-corrected chi connectivity index (χ3v) is 11.1. The molecule has 4 heterocycles. The number of aryl methyl sites for hydroxylation is 1. The van der Waals surface area contributed by atoms with Gasteiger partial charge in [-0.1, -0.05) is 29.4 Å². The van der Waals surface area contributed by atoms with Crippen molar-refractivity contribution in [3.63, 3.8) is 0 Å². The molecule has 1 aliphatic rings. The van der Waals surface area contributed by atoms with Gasteiger partial charge in [0.05, 0.1) is 37.0 Å². The molecular weight excluding hydrogens is 662 g/mol. The van der Waals surface area contributed by atoms with Gasteiger partial charge in [-0.2, -0.15) is 0 Å². The number of nitrogens with zero attached hydrogens (tertiary/aromatic N) is 6. The summed E-state index contributed by atoms with van der Waals surface area (Å²) in [6.45, 7) is 9.82. The topological polar surface area (TPSA) is 113 Å². The van der Waals surface area contributed by atoms with Gasteiger partial charge in [0.1, 0.15) is 6.54 Å². The molecule has 0 radical (unpaired) electrons. The molecule has 13 heteroatoms. The number of rotatable bonds is 12. The van der Waals surface area contributed by atoms with Gasteiger partial charge in [0, 0.05) is 28.1 Å². The highest BCUT2D eigenvalue weighted by molar-refractivity contribution is 7.22. The fraction of sp³-hybridized carbons (Fsp3) is 0.361. The second kappa shape index (κ2) is 14.9. The maximum absolute atomic E-state index is 14.8. The zero-order valence-corrected chi connectivity index (χ0v) is 29.7. The highest BCUT2D eigenvalue weighted by atomic mass is 32.1. The quantitative estimate of drug-likeness (QED) is 0.0783. The molecule has 2 aromatic carbocycles. The maximum atomic E-state index is 14.8. The number of benzene rings is 2. The lowest BCUT2D eigenvalue weighted by Gasteiger charge is -2.29. The van der Waals surface area contributed by atoms with E-state index in [0.717, 1.165) is 56.9 Å². The predicted molar refractivity (Wildman–Crippen MR) is 193 cm³/mol. The molecule has 0 spiro atoms. The van der Waals surface area contributed by atoms with Crippen molar-refractivity contribution in [3.05, 3.63) is 75.5 Å². The molecule has 10 nitrogen and oxygen atoms in total. The van der Waals surface area contributed by atoms with E-state index in [0.29, 0.717) is 53.1 Å². The summed E-state index contributed by atoms with van der Waals surface area (Å²) >= 11 is 2.89. The van der Waals surface area contributed by atoms with Crippen LogP contribution >= 0.6 is 22.7 Å². The van der Waals surface area contributed by atoms with Gasteiger partial charge in [-0.3, -0.25) is 0 Å². The highest BCUT2D eigenvalue weighted by Crippen LogP contribution is 2.39. The summed E-state index contributed by atoms with van der Waals surface area (Å²) in [7, 11) is 2.15. The number of ether oxygens (including phenoxy) is 1. The third kappa shape index (κ3) is 7.67. The molecule has 0 saturated heterocycles. The van der Waals surface area contributed by atoms with Gasteiger partial charge in [0.15, 0.2) is 39.2 Å². The number of halogens is 1. The number of aromatic carboxylic acids is 1. The van der Waals surface area contributed by atoms with Gasteiger partial charge in [-0.05, 0) is 82.7 Å².